The van der Waals surface area contributed by atoms with Crippen molar-refractivity contribution in [1.82, 2.24) is 5.32 Å². The number of amides is 1. The van der Waals surface area contributed by atoms with Gasteiger partial charge in [0, 0.05) is 18.2 Å². The fraction of sp³-hybridized carbons (Fsp3) is 0.0435. The molecule has 1 atom stereocenters. The molecule has 1 heterocycles. The van der Waals surface area contributed by atoms with Gasteiger partial charge in [-0.15, -0.1) is 0 Å². The van der Waals surface area contributed by atoms with Gasteiger partial charge in [0.05, 0.1) is 11.3 Å². The summed E-state index contributed by atoms with van der Waals surface area (Å²) < 4.78 is 54.7. The third-order valence-corrected chi connectivity index (χ3v) is 5.87. The number of nitrogens with one attached hydrogen (secondary N) is 2. The highest BCUT2D eigenvalue weighted by atomic mass is 32.2. The third-order valence-electron chi connectivity index (χ3n) is 4.76. The summed E-state index contributed by atoms with van der Waals surface area (Å²) >= 11 is -1.92. The van der Waals surface area contributed by atoms with Gasteiger partial charge >= 0.3 is 0 Å². The number of hydrogen-bond acceptors (Lipinski definition) is 4. The Labute approximate surface area is 184 Å². The van der Waals surface area contributed by atoms with Crippen molar-refractivity contribution < 1.29 is 27.3 Å². The van der Waals surface area contributed by atoms with Gasteiger partial charge in [-0.3, -0.25) is 9.59 Å². The van der Waals surface area contributed by atoms with Crippen LogP contribution in [0.4, 0.5) is 18.9 Å². The van der Waals surface area contributed by atoms with Crippen molar-refractivity contribution in [2.45, 2.75) is 6.54 Å². The van der Waals surface area contributed by atoms with Crippen LogP contribution in [0, 0.1) is 17.5 Å². The summed E-state index contributed by atoms with van der Waals surface area (Å²) in [6.45, 7) is 0.160. The van der Waals surface area contributed by atoms with E-state index in [9.17, 15) is 27.3 Å². The number of carbonyl (C=O) groups excluding carboxylic acids is 2. The smallest absolute Gasteiger partial charge is 0.251 e. The highest BCUT2D eigenvalue weighted by Gasteiger charge is 2.34. The van der Waals surface area contributed by atoms with Crippen LogP contribution in [-0.2, 0) is 17.9 Å². The maximum Gasteiger partial charge on any atom is 0.251 e. The van der Waals surface area contributed by atoms with Gasteiger partial charge < -0.3 is 9.87 Å². The minimum Gasteiger partial charge on any atom is -0.588 e. The number of rotatable bonds is 4. The van der Waals surface area contributed by atoms with E-state index in [2.05, 4.69) is 10.0 Å². The quantitative estimate of drug-likeness (QED) is 0.452. The van der Waals surface area contributed by atoms with Crippen LogP contribution in [0.15, 0.2) is 65.6 Å². The average molecular weight is 456 g/mol. The minimum absolute atomic E-state index is 0.118. The topological polar surface area (TPSA) is 81.3 Å². The monoisotopic (exact) mass is 456 g/mol. The first-order valence-corrected chi connectivity index (χ1v) is 10.5. The lowest BCUT2D eigenvalue weighted by molar-refractivity contribution is 0.0951. The number of allylic oxidation sites excluding steroid dienone is 1. The molecule has 3 aromatic carbocycles. The molecule has 0 aromatic heterocycles. The number of Topliss-reactive ketones (excluding diaryl/α,β-unsaturated/α-hetero) is 1. The van der Waals surface area contributed by atoms with E-state index in [1.165, 1.54) is 42.5 Å². The maximum absolute atomic E-state index is 13.5. The first-order chi connectivity index (χ1) is 15.3. The van der Waals surface area contributed by atoms with Crippen molar-refractivity contribution in [1.29, 1.82) is 0 Å². The number of ketones is 1. The molecule has 0 saturated heterocycles. The van der Waals surface area contributed by atoms with Gasteiger partial charge in [-0.2, -0.15) is 0 Å². The van der Waals surface area contributed by atoms with Gasteiger partial charge in [-0.05, 0) is 53.6 Å². The molecular weight excluding hydrogens is 441 g/mol. The Morgan fingerprint density at radius 1 is 1.00 bits per heavy atom. The summed E-state index contributed by atoms with van der Waals surface area (Å²) in [5, 5.41) is 2.68. The van der Waals surface area contributed by atoms with E-state index in [1.54, 1.807) is 12.1 Å². The molecule has 5 nitrogen and oxygen atoms in total. The zero-order chi connectivity index (χ0) is 22.8. The molecule has 0 saturated carbocycles. The number of fused-ring (bicyclic) bond motifs is 1. The first-order valence-electron chi connectivity index (χ1n) is 9.38. The molecule has 1 amide bonds. The summed E-state index contributed by atoms with van der Waals surface area (Å²) in [4.78, 5) is 25.3. The maximum atomic E-state index is 13.5. The van der Waals surface area contributed by atoms with Crippen LogP contribution in [0.2, 0.25) is 0 Å². The number of halogens is 3. The fourth-order valence-electron chi connectivity index (χ4n) is 3.09. The van der Waals surface area contributed by atoms with Crippen molar-refractivity contribution in [2.24, 2.45) is 0 Å². The van der Waals surface area contributed by atoms with E-state index in [0.29, 0.717) is 5.56 Å². The largest absolute Gasteiger partial charge is 0.588 e. The molecule has 3 aromatic rings. The SMILES string of the molecule is O=C(NCc1ccc(F)cc1)c1ccc2c(c1)C(=O)/C(=C/c1ccc(F)c(F)c1)[S+]([O-])N2. The highest BCUT2D eigenvalue weighted by molar-refractivity contribution is 7.97. The van der Waals surface area contributed by atoms with Crippen LogP contribution in [0.1, 0.15) is 31.8 Å². The molecule has 32 heavy (non-hydrogen) atoms. The Kier molecular flexibility index (Phi) is 6.02. The lowest BCUT2D eigenvalue weighted by atomic mass is 10.0. The number of carbonyl (C=O) groups is 2. The lowest BCUT2D eigenvalue weighted by Crippen LogP contribution is -2.28. The van der Waals surface area contributed by atoms with E-state index in [1.807, 2.05) is 0 Å². The van der Waals surface area contributed by atoms with Crippen molar-refractivity contribution >= 4 is 34.8 Å². The van der Waals surface area contributed by atoms with Crippen molar-refractivity contribution in [3.63, 3.8) is 0 Å². The third kappa shape index (κ3) is 4.53. The number of hydrogen-bond donors (Lipinski definition) is 2. The average Bonchev–Trinajstić information content (AvgIpc) is 2.78. The Balaban J connectivity index is 1.56. The second-order valence-corrected chi connectivity index (χ2v) is 8.13. The van der Waals surface area contributed by atoms with Crippen molar-refractivity contribution in [2.75, 3.05) is 4.72 Å². The van der Waals surface area contributed by atoms with E-state index in [0.717, 1.165) is 12.1 Å². The zero-order valence-electron chi connectivity index (χ0n) is 16.3. The molecule has 1 aliphatic heterocycles. The van der Waals surface area contributed by atoms with Gasteiger partial charge in [0.1, 0.15) is 17.2 Å². The van der Waals surface area contributed by atoms with Crippen LogP contribution in [0.25, 0.3) is 6.08 Å². The number of benzene rings is 3. The predicted molar refractivity (Wildman–Crippen MR) is 114 cm³/mol. The summed E-state index contributed by atoms with van der Waals surface area (Å²) in [7, 11) is 0. The lowest BCUT2D eigenvalue weighted by Gasteiger charge is -2.21. The second-order valence-electron chi connectivity index (χ2n) is 6.95. The Hall–Kier alpha value is -3.56. The Bertz CT molecular complexity index is 1250. The highest BCUT2D eigenvalue weighted by Crippen LogP contribution is 2.31. The molecule has 0 spiro atoms. The summed E-state index contributed by atoms with van der Waals surface area (Å²) in [5.74, 6) is -3.58. The van der Waals surface area contributed by atoms with Gasteiger partial charge in [-0.1, -0.05) is 18.2 Å². The van der Waals surface area contributed by atoms with Crippen LogP contribution >= 0.6 is 0 Å². The Morgan fingerprint density at radius 3 is 2.47 bits per heavy atom. The molecule has 0 radical (unpaired) electrons. The molecule has 1 unspecified atom stereocenters. The van der Waals surface area contributed by atoms with E-state index >= 15 is 0 Å². The summed E-state index contributed by atoms with van der Waals surface area (Å²) in [6, 6.07) is 13.0. The van der Waals surface area contributed by atoms with Crippen LogP contribution < -0.4 is 10.0 Å². The van der Waals surface area contributed by atoms with Crippen LogP contribution in [0.3, 0.4) is 0 Å². The van der Waals surface area contributed by atoms with Gasteiger partial charge in [0.2, 0.25) is 10.7 Å². The molecule has 0 aliphatic carbocycles. The zero-order valence-corrected chi connectivity index (χ0v) is 17.1. The summed E-state index contributed by atoms with van der Waals surface area (Å²) in [6.07, 6.45) is 1.21. The molecule has 2 N–H and O–H groups in total. The molecule has 1 aliphatic rings. The molecule has 4 rings (SSSR count). The van der Waals surface area contributed by atoms with E-state index < -0.39 is 34.7 Å². The molecular formula is C23H15F3N2O3S. The molecule has 0 fully saturated rings. The van der Waals surface area contributed by atoms with E-state index in [4.69, 9.17) is 0 Å². The molecule has 9 heteroatoms. The van der Waals surface area contributed by atoms with E-state index in [-0.39, 0.29) is 39.6 Å². The number of anilines is 1. The normalized spacial score (nSPS) is 16.4. The van der Waals surface area contributed by atoms with Crippen molar-refractivity contribution in [3.8, 4) is 0 Å². The molecule has 162 valence electrons. The van der Waals surface area contributed by atoms with Gasteiger partial charge in [-0.25, -0.2) is 17.9 Å². The molecule has 0 bridgehead atoms. The predicted octanol–water partition coefficient (Wildman–Crippen LogP) is 4.35. The Morgan fingerprint density at radius 2 is 1.75 bits per heavy atom. The van der Waals surface area contributed by atoms with Crippen LogP contribution in [0.5, 0.6) is 0 Å². The fourth-order valence-corrected chi connectivity index (χ4v) is 4.10. The minimum atomic E-state index is -1.92. The summed E-state index contributed by atoms with van der Waals surface area (Å²) in [5.41, 5.74) is 1.46. The van der Waals surface area contributed by atoms with Crippen LogP contribution in [-0.4, -0.2) is 16.2 Å². The van der Waals surface area contributed by atoms with Crippen molar-refractivity contribution in [3.05, 3.63) is 105 Å². The first kappa shape index (κ1) is 21.7. The standard InChI is InChI=1S/C23H15F3N2O3S/c24-16-5-1-13(2-6-16)12-27-23(30)15-4-8-20-17(11-15)22(29)21(32(31)28-20)10-14-3-7-18(25)19(26)9-14/h1-11,28H,12H2,(H,27,30)/b21-10-. The van der Waals surface area contributed by atoms with Gasteiger partial charge in [0.15, 0.2) is 11.6 Å². The second kappa shape index (κ2) is 8.89. The van der Waals surface area contributed by atoms with Gasteiger partial charge in [0.25, 0.3) is 5.91 Å².